The molecular weight excluding hydrogens is 362 g/mol. The number of fused-ring (bicyclic) bond motifs is 1. The number of nitrogens with one attached hydrogen (secondary N) is 1. The highest BCUT2D eigenvalue weighted by Crippen LogP contribution is 2.30. The van der Waals surface area contributed by atoms with Gasteiger partial charge in [0.15, 0.2) is 16.7 Å². The van der Waals surface area contributed by atoms with Crippen LogP contribution in [-0.4, -0.2) is 41.0 Å². The number of nitrogens with zero attached hydrogens (tertiary/aromatic N) is 2. The Balaban J connectivity index is 1.41. The molecular formula is C20H19N3O3S. The molecule has 2 heterocycles. The van der Waals surface area contributed by atoms with E-state index in [-0.39, 0.29) is 12.0 Å². The van der Waals surface area contributed by atoms with E-state index in [1.165, 1.54) is 0 Å². The summed E-state index contributed by atoms with van der Waals surface area (Å²) in [4.78, 5) is 16.9. The maximum atomic E-state index is 12.6. The minimum Gasteiger partial charge on any atom is -0.486 e. The van der Waals surface area contributed by atoms with Gasteiger partial charge in [0.1, 0.15) is 12.7 Å². The Bertz CT molecular complexity index is 957. The van der Waals surface area contributed by atoms with Crippen molar-refractivity contribution in [3.05, 3.63) is 66.5 Å². The molecule has 0 saturated carbocycles. The predicted molar refractivity (Wildman–Crippen MR) is 104 cm³/mol. The number of amides is 1. The van der Waals surface area contributed by atoms with E-state index in [9.17, 15) is 4.79 Å². The van der Waals surface area contributed by atoms with Crippen LogP contribution in [0.25, 0.3) is 5.69 Å². The molecule has 1 amide bonds. The second-order valence-corrected chi connectivity index (χ2v) is 6.82. The van der Waals surface area contributed by atoms with Crippen LogP contribution in [0.15, 0.2) is 66.1 Å². The highest BCUT2D eigenvalue weighted by atomic mass is 32.2. The van der Waals surface area contributed by atoms with Crippen molar-refractivity contribution in [2.24, 2.45) is 0 Å². The molecule has 138 valence electrons. The maximum absolute atomic E-state index is 12.6. The number of carbonyl (C=O) groups excluding carboxylic acids is 1. The third kappa shape index (κ3) is 3.78. The van der Waals surface area contributed by atoms with Crippen LogP contribution in [0.2, 0.25) is 0 Å². The molecule has 1 atom stereocenters. The van der Waals surface area contributed by atoms with E-state index in [1.807, 2.05) is 59.5 Å². The lowest BCUT2D eigenvalue weighted by Gasteiger charge is -2.26. The second-order valence-electron chi connectivity index (χ2n) is 6.04. The fraction of sp³-hybridized carbons (Fsp3) is 0.200. The minimum absolute atomic E-state index is 0.148. The molecule has 4 rings (SSSR count). The standard InChI is InChI=1S/C20H19N3O3S/c1-27-20-21-9-10-23(20)15-6-4-5-14(11-15)19(24)22-12-16-13-25-17-7-2-3-8-18(17)26-16/h2-11,16H,12-13H2,1H3,(H,22,24). The van der Waals surface area contributed by atoms with Gasteiger partial charge in [-0.2, -0.15) is 0 Å². The van der Waals surface area contributed by atoms with Gasteiger partial charge in [0.05, 0.1) is 6.54 Å². The second kappa shape index (κ2) is 7.75. The maximum Gasteiger partial charge on any atom is 0.251 e. The molecule has 1 aromatic heterocycles. The fourth-order valence-electron chi connectivity index (χ4n) is 2.91. The molecule has 3 aromatic rings. The number of rotatable bonds is 5. The fourth-order valence-corrected chi connectivity index (χ4v) is 3.44. The molecule has 1 aliphatic heterocycles. The number of carbonyl (C=O) groups is 1. The van der Waals surface area contributed by atoms with E-state index < -0.39 is 0 Å². The number of imidazole rings is 1. The summed E-state index contributed by atoms with van der Waals surface area (Å²) in [5.41, 5.74) is 1.49. The summed E-state index contributed by atoms with van der Waals surface area (Å²) in [6.07, 6.45) is 5.38. The van der Waals surface area contributed by atoms with Crippen LogP contribution in [0.3, 0.4) is 0 Å². The van der Waals surface area contributed by atoms with Gasteiger partial charge in [0.25, 0.3) is 5.91 Å². The van der Waals surface area contributed by atoms with Crippen LogP contribution in [0, 0.1) is 0 Å². The largest absolute Gasteiger partial charge is 0.486 e. The number of thioether (sulfide) groups is 1. The first-order chi connectivity index (χ1) is 13.2. The van der Waals surface area contributed by atoms with E-state index in [1.54, 1.807) is 24.0 Å². The van der Waals surface area contributed by atoms with E-state index in [2.05, 4.69) is 10.3 Å². The molecule has 27 heavy (non-hydrogen) atoms. The van der Waals surface area contributed by atoms with Crippen molar-refractivity contribution < 1.29 is 14.3 Å². The lowest BCUT2D eigenvalue weighted by atomic mass is 10.2. The van der Waals surface area contributed by atoms with Gasteiger partial charge in [0, 0.05) is 23.6 Å². The number of hydrogen-bond donors (Lipinski definition) is 1. The van der Waals surface area contributed by atoms with E-state index >= 15 is 0 Å². The van der Waals surface area contributed by atoms with Crippen LogP contribution in [-0.2, 0) is 0 Å². The van der Waals surface area contributed by atoms with Crippen molar-refractivity contribution in [3.63, 3.8) is 0 Å². The molecule has 0 saturated heterocycles. The van der Waals surface area contributed by atoms with Gasteiger partial charge in [-0.25, -0.2) is 4.98 Å². The molecule has 0 fully saturated rings. The Kier molecular flexibility index (Phi) is 5.02. The number of para-hydroxylation sites is 2. The zero-order chi connectivity index (χ0) is 18.6. The van der Waals surface area contributed by atoms with Gasteiger partial charge in [-0.3, -0.25) is 9.36 Å². The first kappa shape index (κ1) is 17.5. The molecule has 1 unspecified atom stereocenters. The first-order valence-electron chi connectivity index (χ1n) is 8.59. The smallest absolute Gasteiger partial charge is 0.251 e. The molecule has 0 bridgehead atoms. The summed E-state index contributed by atoms with van der Waals surface area (Å²) < 4.78 is 13.5. The Morgan fingerprint density at radius 2 is 2.11 bits per heavy atom. The SMILES string of the molecule is CSc1nccn1-c1cccc(C(=O)NCC2COc3ccccc3O2)c1. The molecule has 0 radical (unpaired) electrons. The summed E-state index contributed by atoms with van der Waals surface area (Å²) >= 11 is 1.56. The average Bonchev–Trinajstić information content (AvgIpc) is 3.21. The highest BCUT2D eigenvalue weighted by Gasteiger charge is 2.21. The van der Waals surface area contributed by atoms with Crippen molar-refractivity contribution >= 4 is 17.7 Å². The number of benzene rings is 2. The molecule has 0 spiro atoms. The number of hydrogen-bond acceptors (Lipinski definition) is 5. The van der Waals surface area contributed by atoms with E-state index in [0.29, 0.717) is 24.5 Å². The van der Waals surface area contributed by atoms with Crippen LogP contribution in [0.1, 0.15) is 10.4 Å². The van der Waals surface area contributed by atoms with Crippen LogP contribution < -0.4 is 14.8 Å². The summed E-state index contributed by atoms with van der Waals surface area (Å²) in [5, 5.41) is 3.80. The average molecular weight is 381 g/mol. The molecule has 2 aromatic carbocycles. The first-order valence-corrected chi connectivity index (χ1v) is 9.81. The lowest BCUT2D eigenvalue weighted by molar-refractivity contribution is 0.0789. The van der Waals surface area contributed by atoms with E-state index in [0.717, 1.165) is 16.6 Å². The van der Waals surface area contributed by atoms with Gasteiger partial charge >= 0.3 is 0 Å². The summed E-state index contributed by atoms with van der Waals surface area (Å²) in [6, 6.07) is 15.0. The molecule has 1 N–H and O–H groups in total. The van der Waals surface area contributed by atoms with Crippen molar-refractivity contribution in [2.45, 2.75) is 11.3 Å². The van der Waals surface area contributed by atoms with Gasteiger partial charge in [-0.15, -0.1) is 0 Å². The monoisotopic (exact) mass is 381 g/mol. The Morgan fingerprint density at radius 3 is 2.96 bits per heavy atom. The molecule has 0 aliphatic carbocycles. The summed E-state index contributed by atoms with van der Waals surface area (Å²) in [7, 11) is 0. The zero-order valence-electron chi connectivity index (χ0n) is 14.8. The molecule has 7 heteroatoms. The van der Waals surface area contributed by atoms with Gasteiger partial charge in [-0.05, 0) is 36.6 Å². The highest BCUT2D eigenvalue weighted by molar-refractivity contribution is 7.98. The summed E-state index contributed by atoms with van der Waals surface area (Å²) in [5.74, 6) is 1.29. The van der Waals surface area contributed by atoms with Gasteiger partial charge in [0.2, 0.25) is 0 Å². The van der Waals surface area contributed by atoms with Crippen LogP contribution in [0.4, 0.5) is 0 Å². The Hall–Kier alpha value is -2.93. The van der Waals surface area contributed by atoms with E-state index in [4.69, 9.17) is 9.47 Å². The van der Waals surface area contributed by atoms with Gasteiger partial charge < -0.3 is 14.8 Å². The third-order valence-corrected chi connectivity index (χ3v) is 4.90. The Labute approximate surface area is 161 Å². The lowest BCUT2D eigenvalue weighted by Crippen LogP contribution is -2.40. The molecule has 1 aliphatic rings. The topological polar surface area (TPSA) is 65.4 Å². The third-order valence-electron chi connectivity index (χ3n) is 4.23. The predicted octanol–water partition coefficient (Wildman–Crippen LogP) is 3.16. The van der Waals surface area contributed by atoms with Crippen molar-refractivity contribution in [3.8, 4) is 17.2 Å². The quantitative estimate of drug-likeness (QED) is 0.688. The zero-order valence-corrected chi connectivity index (χ0v) is 15.6. The molecule has 6 nitrogen and oxygen atoms in total. The number of aromatic nitrogens is 2. The van der Waals surface area contributed by atoms with Crippen molar-refractivity contribution in [1.29, 1.82) is 0 Å². The van der Waals surface area contributed by atoms with Crippen molar-refractivity contribution in [2.75, 3.05) is 19.4 Å². The summed E-state index contributed by atoms with van der Waals surface area (Å²) in [6.45, 7) is 0.780. The van der Waals surface area contributed by atoms with Crippen LogP contribution >= 0.6 is 11.8 Å². The minimum atomic E-state index is -0.219. The van der Waals surface area contributed by atoms with Crippen molar-refractivity contribution in [1.82, 2.24) is 14.9 Å². The van der Waals surface area contributed by atoms with Gasteiger partial charge in [-0.1, -0.05) is 30.0 Å². The normalized spacial score (nSPS) is 15.4. The Morgan fingerprint density at radius 1 is 1.26 bits per heavy atom. The number of ether oxygens (including phenoxy) is 2. The van der Waals surface area contributed by atoms with Crippen LogP contribution in [0.5, 0.6) is 11.5 Å².